The summed E-state index contributed by atoms with van der Waals surface area (Å²) in [6.07, 6.45) is 0.797. The zero-order valence-electron chi connectivity index (χ0n) is 13.1. The fourth-order valence-electron chi connectivity index (χ4n) is 2.59. The van der Waals surface area contributed by atoms with Crippen molar-refractivity contribution in [2.45, 2.75) is 13.3 Å². The molecule has 0 fully saturated rings. The molecule has 3 rings (SSSR count). The Bertz CT molecular complexity index is 809. The smallest absolute Gasteiger partial charge is 0.255 e. The van der Waals surface area contributed by atoms with Crippen LogP contribution in [0.5, 0.6) is 0 Å². The molecule has 0 bridgehead atoms. The van der Waals surface area contributed by atoms with Gasteiger partial charge < -0.3 is 5.32 Å². The van der Waals surface area contributed by atoms with E-state index in [2.05, 4.69) is 23.5 Å². The SMILES string of the molecule is Cc1cccc(C(=O)Nc2ccccc2Cc2ccccc2)c1. The number of carbonyl (C=O) groups is 1. The van der Waals surface area contributed by atoms with E-state index in [1.807, 2.05) is 67.6 Å². The number of aryl methyl sites for hydroxylation is 1. The van der Waals surface area contributed by atoms with Crippen LogP contribution in [-0.4, -0.2) is 5.91 Å². The number of benzene rings is 3. The second-order valence-corrected chi connectivity index (χ2v) is 5.64. The van der Waals surface area contributed by atoms with Crippen LogP contribution in [0.2, 0.25) is 0 Å². The lowest BCUT2D eigenvalue weighted by Gasteiger charge is -2.11. The summed E-state index contributed by atoms with van der Waals surface area (Å²) in [5.41, 5.74) is 4.96. The summed E-state index contributed by atoms with van der Waals surface area (Å²) in [6.45, 7) is 1.99. The third-order valence-electron chi connectivity index (χ3n) is 3.78. The number of amides is 1. The molecule has 0 saturated carbocycles. The summed E-state index contributed by atoms with van der Waals surface area (Å²) in [5, 5.41) is 3.04. The molecule has 0 radical (unpaired) electrons. The van der Waals surface area contributed by atoms with Crippen molar-refractivity contribution < 1.29 is 4.79 Å². The van der Waals surface area contributed by atoms with E-state index in [-0.39, 0.29) is 5.91 Å². The first kappa shape index (κ1) is 15.0. The zero-order valence-corrected chi connectivity index (χ0v) is 13.1. The predicted octanol–water partition coefficient (Wildman–Crippen LogP) is 4.84. The highest BCUT2D eigenvalue weighted by Gasteiger charge is 2.09. The summed E-state index contributed by atoms with van der Waals surface area (Å²) in [5.74, 6) is -0.0748. The first-order chi connectivity index (χ1) is 11.2. The lowest BCUT2D eigenvalue weighted by molar-refractivity contribution is 0.102. The standard InChI is InChI=1S/C21H19NO/c1-16-8-7-12-19(14-16)21(23)22-20-13-6-5-11-18(20)15-17-9-3-2-4-10-17/h2-14H,15H2,1H3,(H,22,23). The zero-order chi connectivity index (χ0) is 16.1. The monoisotopic (exact) mass is 301 g/mol. The molecule has 1 N–H and O–H groups in total. The van der Waals surface area contributed by atoms with Crippen LogP contribution in [0, 0.1) is 6.92 Å². The maximum atomic E-state index is 12.5. The minimum Gasteiger partial charge on any atom is -0.322 e. The van der Waals surface area contributed by atoms with E-state index in [1.54, 1.807) is 0 Å². The Labute approximate surface area is 136 Å². The van der Waals surface area contributed by atoms with Crippen molar-refractivity contribution in [2.24, 2.45) is 0 Å². The molecule has 0 unspecified atom stereocenters. The maximum absolute atomic E-state index is 12.5. The van der Waals surface area contributed by atoms with Crippen LogP contribution < -0.4 is 5.32 Å². The largest absolute Gasteiger partial charge is 0.322 e. The van der Waals surface area contributed by atoms with Crippen molar-refractivity contribution in [2.75, 3.05) is 5.32 Å². The molecule has 23 heavy (non-hydrogen) atoms. The van der Waals surface area contributed by atoms with Gasteiger partial charge >= 0.3 is 0 Å². The lowest BCUT2D eigenvalue weighted by Crippen LogP contribution is -2.13. The van der Waals surface area contributed by atoms with Crippen molar-refractivity contribution in [1.29, 1.82) is 0 Å². The highest BCUT2D eigenvalue weighted by molar-refractivity contribution is 6.04. The van der Waals surface area contributed by atoms with E-state index >= 15 is 0 Å². The van der Waals surface area contributed by atoms with E-state index in [4.69, 9.17) is 0 Å². The number of anilines is 1. The van der Waals surface area contributed by atoms with Crippen molar-refractivity contribution >= 4 is 11.6 Å². The minimum absolute atomic E-state index is 0.0748. The van der Waals surface area contributed by atoms with Gasteiger partial charge in [0.15, 0.2) is 0 Å². The molecule has 3 aromatic carbocycles. The Morgan fingerprint density at radius 1 is 0.870 bits per heavy atom. The fraction of sp³-hybridized carbons (Fsp3) is 0.0952. The van der Waals surface area contributed by atoms with E-state index in [1.165, 1.54) is 5.56 Å². The Morgan fingerprint density at radius 3 is 2.39 bits per heavy atom. The van der Waals surface area contributed by atoms with Gasteiger partial charge in [-0.1, -0.05) is 66.2 Å². The van der Waals surface area contributed by atoms with Gasteiger partial charge in [0.2, 0.25) is 0 Å². The Morgan fingerprint density at radius 2 is 1.61 bits per heavy atom. The molecule has 0 aliphatic carbocycles. The lowest BCUT2D eigenvalue weighted by atomic mass is 10.0. The number of rotatable bonds is 4. The van der Waals surface area contributed by atoms with Crippen LogP contribution in [0.4, 0.5) is 5.69 Å². The first-order valence-corrected chi connectivity index (χ1v) is 7.72. The highest BCUT2D eigenvalue weighted by atomic mass is 16.1. The summed E-state index contributed by atoms with van der Waals surface area (Å²) < 4.78 is 0. The van der Waals surface area contributed by atoms with Gasteiger partial charge in [-0.25, -0.2) is 0 Å². The first-order valence-electron chi connectivity index (χ1n) is 7.72. The molecular formula is C21H19NO. The van der Waals surface area contributed by atoms with Crippen molar-refractivity contribution in [3.63, 3.8) is 0 Å². The van der Waals surface area contributed by atoms with Gasteiger partial charge in [-0.05, 0) is 42.7 Å². The molecule has 0 spiro atoms. The van der Waals surface area contributed by atoms with Crippen molar-refractivity contribution in [3.8, 4) is 0 Å². The molecule has 0 saturated heterocycles. The molecule has 2 heteroatoms. The average Bonchev–Trinajstić information content (AvgIpc) is 2.57. The third kappa shape index (κ3) is 3.86. The van der Waals surface area contributed by atoms with Gasteiger partial charge in [-0.15, -0.1) is 0 Å². The number of para-hydroxylation sites is 1. The van der Waals surface area contributed by atoms with E-state index in [0.717, 1.165) is 23.2 Å². The van der Waals surface area contributed by atoms with Crippen molar-refractivity contribution in [3.05, 3.63) is 101 Å². The summed E-state index contributed by atoms with van der Waals surface area (Å²) >= 11 is 0. The van der Waals surface area contributed by atoms with Crippen LogP contribution >= 0.6 is 0 Å². The molecular weight excluding hydrogens is 282 g/mol. The molecule has 0 aliphatic heterocycles. The van der Waals surface area contributed by atoms with Crippen LogP contribution in [0.15, 0.2) is 78.9 Å². The average molecular weight is 301 g/mol. The second kappa shape index (κ2) is 6.93. The molecule has 0 aromatic heterocycles. The molecule has 0 atom stereocenters. The number of nitrogens with one attached hydrogen (secondary N) is 1. The van der Waals surface area contributed by atoms with Gasteiger partial charge in [0.25, 0.3) is 5.91 Å². The van der Waals surface area contributed by atoms with Gasteiger partial charge in [-0.3, -0.25) is 4.79 Å². The molecule has 3 aromatic rings. The second-order valence-electron chi connectivity index (χ2n) is 5.64. The normalized spacial score (nSPS) is 10.3. The van der Waals surface area contributed by atoms with Crippen molar-refractivity contribution in [1.82, 2.24) is 0 Å². The van der Waals surface area contributed by atoms with Gasteiger partial charge in [0.1, 0.15) is 0 Å². The molecule has 114 valence electrons. The quantitative estimate of drug-likeness (QED) is 0.734. The Balaban J connectivity index is 1.82. The topological polar surface area (TPSA) is 29.1 Å². The van der Waals surface area contributed by atoms with E-state index in [0.29, 0.717) is 5.56 Å². The minimum atomic E-state index is -0.0748. The van der Waals surface area contributed by atoms with Crippen LogP contribution in [0.25, 0.3) is 0 Å². The van der Waals surface area contributed by atoms with Crippen LogP contribution in [0.3, 0.4) is 0 Å². The molecule has 2 nitrogen and oxygen atoms in total. The number of carbonyl (C=O) groups excluding carboxylic acids is 1. The summed E-state index contributed by atoms with van der Waals surface area (Å²) in [7, 11) is 0. The fourth-order valence-corrected chi connectivity index (χ4v) is 2.59. The van der Waals surface area contributed by atoms with E-state index < -0.39 is 0 Å². The van der Waals surface area contributed by atoms with Crippen LogP contribution in [-0.2, 0) is 6.42 Å². The third-order valence-corrected chi connectivity index (χ3v) is 3.78. The van der Waals surface area contributed by atoms with Gasteiger partial charge in [0, 0.05) is 11.3 Å². The number of hydrogen-bond acceptors (Lipinski definition) is 1. The predicted molar refractivity (Wildman–Crippen MR) is 94.8 cm³/mol. The molecule has 0 aliphatic rings. The van der Waals surface area contributed by atoms with E-state index in [9.17, 15) is 4.79 Å². The molecule has 0 heterocycles. The maximum Gasteiger partial charge on any atom is 0.255 e. The summed E-state index contributed by atoms with van der Waals surface area (Å²) in [4.78, 5) is 12.5. The Kier molecular flexibility index (Phi) is 4.53. The summed E-state index contributed by atoms with van der Waals surface area (Å²) in [6, 6.07) is 25.8. The van der Waals surface area contributed by atoms with Gasteiger partial charge in [-0.2, -0.15) is 0 Å². The highest BCUT2D eigenvalue weighted by Crippen LogP contribution is 2.20. The molecule has 1 amide bonds. The number of hydrogen-bond donors (Lipinski definition) is 1. The van der Waals surface area contributed by atoms with Gasteiger partial charge in [0.05, 0.1) is 0 Å². The Hall–Kier alpha value is -2.87. The van der Waals surface area contributed by atoms with Crippen LogP contribution in [0.1, 0.15) is 27.0 Å².